The summed E-state index contributed by atoms with van der Waals surface area (Å²) in [6, 6.07) is 13.1. The van der Waals surface area contributed by atoms with Gasteiger partial charge in [0.15, 0.2) is 0 Å². The third kappa shape index (κ3) is 4.16. The first-order valence-corrected chi connectivity index (χ1v) is 7.13. The SMILES string of the molecule is COc1ccc(Br)cc1C(=O)N/N=C\c1ccc(C)cc1. The summed E-state index contributed by atoms with van der Waals surface area (Å²) in [7, 11) is 1.52. The molecule has 0 fully saturated rings. The summed E-state index contributed by atoms with van der Waals surface area (Å²) in [4.78, 5) is 12.1. The molecule has 0 spiro atoms. The Kier molecular flexibility index (Phi) is 5.11. The fourth-order valence-corrected chi connectivity index (χ4v) is 2.10. The van der Waals surface area contributed by atoms with E-state index in [1.165, 1.54) is 12.7 Å². The number of nitrogens with zero attached hydrogens (tertiary/aromatic N) is 1. The molecule has 0 bridgehead atoms. The van der Waals surface area contributed by atoms with Gasteiger partial charge in [0.1, 0.15) is 5.75 Å². The van der Waals surface area contributed by atoms with Crippen LogP contribution in [0.25, 0.3) is 0 Å². The molecule has 2 rings (SSSR count). The van der Waals surface area contributed by atoms with Crippen LogP contribution < -0.4 is 10.2 Å². The second-order valence-electron chi connectivity index (χ2n) is 4.45. The lowest BCUT2D eigenvalue weighted by Crippen LogP contribution is -2.18. The maximum Gasteiger partial charge on any atom is 0.275 e. The highest BCUT2D eigenvalue weighted by Crippen LogP contribution is 2.22. The van der Waals surface area contributed by atoms with E-state index in [9.17, 15) is 4.79 Å². The molecular formula is C16H15BrN2O2. The van der Waals surface area contributed by atoms with Crippen molar-refractivity contribution in [3.8, 4) is 5.75 Å². The van der Waals surface area contributed by atoms with Crippen molar-refractivity contribution >= 4 is 28.1 Å². The second kappa shape index (κ2) is 7.04. The molecule has 1 N–H and O–H groups in total. The van der Waals surface area contributed by atoms with Gasteiger partial charge < -0.3 is 4.74 Å². The highest BCUT2D eigenvalue weighted by molar-refractivity contribution is 9.10. The summed E-state index contributed by atoms with van der Waals surface area (Å²) >= 11 is 3.33. The van der Waals surface area contributed by atoms with E-state index in [1.807, 2.05) is 37.3 Å². The van der Waals surface area contributed by atoms with Crippen LogP contribution in [0.5, 0.6) is 5.75 Å². The van der Waals surface area contributed by atoms with Crippen molar-refractivity contribution in [1.82, 2.24) is 5.43 Å². The summed E-state index contributed by atoms with van der Waals surface area (Å²) in [5.41, 5.74) is 5.01. The molecule has 0 aliphatic carbocycles. The third-order valence-corrected chi connectivity index (χ3v) is 3.36. The number of methoxy groups -OCH3 is 1. The summed E-state index contributed by atoms with van der Waals surface area (Å²) < 4.78 is 5.97. The van der Waals surface area contributed by atoms with E-state index in [4.69, 9.17) is 4.74 Å². The van der Waals surface area contributed by atoms with E-state index in [0.717, 1.165) is 10.0 Å². The van der Waals surface area contributed by atoms with E-state index < -0.39 is 0 Å². The Hall–Kier alpha value is -2.14. The Morgan fingerprint density at radius 1 is 1.24 bits per heavy atom. The number of aryl methyl sites for hydroxylation is 1. The van der Waals surface area contributed by atoms with Crippen molar-refractivity contribution in [2.45, 2.75) is 6.92 Å². The lowest BCUT2D eigenvalue weighted by Gasteiger charge is -2.07. The number of carbonyl (C=O) groups excluding carboxylic acids is 1. The van der Waals surface area contributed by atoms with Crippen LogP contribution in [0.2, 0.25) is 0 Å². The monoisotopic (exact) mass is 346 g/mol. The average Bonchev–Trinajstić information content (AvgIpc) is 2.49. The van der Waals surface area contributed by atoms with Crippen LogP contribution in [0.1, 0.15) is 21.5 Å². The molecule has 2 aromatic carbocycles. The van der Waals surface area contributed by atoms with Gasteiger partial charge in [0, 0.05) is 4.47 Å². The second-order valence-corrected chi connectivity index (χ2v) is 5.37. The molecule has 0 unspecified atom stereocenters. The molecule has 0 heterocycles. The highest BCUT2D eigenvalue weighted by atomic mass is 79.9. The molecule has 4 nitrogen and oxygen atoms in total. The normalized spacial score (nSPS) is 10.6. The minimum atomic E-state index is -0.323. The third-order valence-electron chi connectivity index (χ3n) is 2.86. The number of nitrogens with one attached hydrogen (secondary N) is 1. The number of hydrazone groups is 1. The number of hydrogen-bond acceptors (Lipinski definition) is 3. The molecule has 0 aliphatic rings. The van der Waals surface area contributed by atoms with Crippen LogP contribution in [0, 0.1) is 6.92 Å². The molecule has 5 heteroatoms. The van der Waals surface area contributed by atoms with Gasteiger partial charge >= 0.3 is 0 Å². The molecule has 0 aliphatic heterocycles. The van der Waals surface area contributed by atoms with Crippen molar-refractivity contribution in [2.24, 2.45) is 5.10 Å². The lowest BCUT2D eigenvalue weighted by molar-refractivity contribution is 0.0952. The van der Waals surface area contributed by atoms with E-state index in [0.29, 0.717) is 11.3 Å². The van der Waals surface area contributed by atoms with Crippen LogP contribution in [0.3, 0.4) is 0 Å². The topological polar surface area (TPSA) is 50.7 Å². The van der Waals surface area contributed by atoms with E-state index >= 15 is 0 Å². The minimum Gasteiger partial charge on any atom is -0.496 e. The molecule has 0 atom stereocenters. The first kappa shape index (κ1) is 15.3. The minimum absolute atomic E-state index is 0.323. The van der Waals surface area contributed by atoms with Crippen LogP contribution >= 0.6 is 15.9 Å². The zero-order chi connectivity index (χ0) is 15.2. The number of benzene rings is 2. The Morgan fingerprint density at radius 2 is 1.95 bits per heavy atom. The molecule has 0 radical (unpaired) electrons. The van der Waals surface area contributed by atoms with Gasteiger partial charge in [-0.25, -0.2) is 5.43 Å². The van der Waals surface area contributed by atoms with Crippen LogP contribution in [-0.4, -0.2) is 19.2 Å². The standard InChI is InChI=1S/C16H15BrN2O2/c1-11-3-5-12(6-4-11)10-18-19-16(20)14-9-13(17)7-8-15(14)21-2/h3-10H,1-2H3,(H,19,20)/b18-10-. The van der Waals surface area contributed by atoms with Gasteiger partial charge in [-0.05, 0) is 30.7 Å². The Bertz CT molecular complexity index is 666. The van der Waals surface area contributed by atoms with Gasteiger partial charge in [-0.2, -0.15) is 5.10 Å². The van der Waals surface area contributed by atoms with Crippen LogP contribution in [-0.2, 0) is 0 Å². The Balaban J connectivity index is 2.08. The number of hydrogen-bond donors (Lipinski definition) is 1. The molecule has 0 aromatic heterocycles. The molecule has 0 saturated heterocycles. The maximum atomic E-state index is 12.1. The predicted molar refractivity (Wildman–Crippen MR) is 86.9 cm³/mol. The first-order chi connectivity index (χ1) is 10.1. The van der Waals surface area contributed by atoms with Crippen molar-refractivity contribution in [1.29, 1.82) is 0 Å². The van der Waals surface area contributed by atoms with Gasteiger partial charge in [0.2, 0.25) is 0 Å². The van der Waals surface area contributed by atoms with Crippen molar-refractivity contribution in [2.75, 3.05) is 7.11 Å². The van der Waals surface area contributed by atoms with Crippen molar-refractivity contribution in [3.05, 3.63) is 63.6 Å². The smallest absolute Gasteiger partial charge is 0.275 e. The quantitative estimate of drug-likeness (QED) is 0.680. The largest absolute Gasteiger partial charge is 0.496 e. The lowest BCUT2D eigenvalue weighted by atomic mass is 10.2. The molecule has 1 amide bonds. The summed E-state index contributed by atoms with van der Waals surface area (Å²) in [6.07, 6.45) is 1.60. The van der Waals surface area contributed by atoms with E-state index in [-0.39, 0.29) is 5.91 Å². The molecule has 2 aromatic rings. The molecule has 0 saturated carbocycles. The number of carbonyl (C=O) groups is 1. The Morgan fingerprint density at radius 3 is 2.62 bits per heavy atom. The highest BCUT2D eigenvalue weighted by Gasteiger charge is 2.11. The number of ether oxygens (including phenoxy) is 1. The van der Waals surface area contributed by atoms with E-state index in [2.05, 4.69) is 26.5 Å². The fourth-order valence-electron chi connectivity index (χ4n) is 1.74. The average molecular weight is 347 g/mol. The summed E-state index contributed by atoms with van der Waals surface area (Å²) in [5, 5.41) is 3.96. The molecular weight excluding hydrogens is 332 g/mol. The number of amides is 1. The fraction of sp³-hybridized carbons (Fsp3) is 0.125. The van der Waals surface area contributed by atoms with Crippen molar-refractivity contribution in [3.63, 3.8) is 0 Å². The van der Waals surface area contributed by atoms with Gasteiger partial charge in [0.25, 0.3) is 5.91 Å². The maximum absolute atomic E-state index is 12.1. The zero-order valence-electron chi connectivity index (χ0n) is 11.8. The van der Waals surface area contributed by atoms with Crippen molar-refractivity contribution < 1.29 is 9.53 Å². The van der Waals surface area contributed by atoms with Gasteiger partial charge in [0.05, 0.1) is 18.9 Å². The summed E-state index contributed by atoms with van der Waals surface area (Å²) in [5.74, 6) is 0.178. The number of rotatable bonds is 4. The van der Waals surface area contributed by atoms with Gasteiger partial charge in [-0.1, -0.05) is 45.8 Å². The van der Waals surface area contributed by atoms with E-state index in [1.54, 1.807) is 18.3 Å². The number of halogens is 1. The first-order valence-electron chi connectivity index (χ1n) is 6.34. The van der Waals surface area contributed by atoms with Gasteiger partial charge in [-0.3, -0.25) is 4.79 Å². The van der Waals surface area contributed by atoms with Gasteiger partial charge in [-0.15, -0.1) is 0 Å². The Labute approximate surface area is 132 Å². The summed E-state index contributed by atoms with van der Waals surface area (Å²) in [6.45, 7) is 2.02. The molecule has 108 valence electrons. The zero-order valence-corrected chi connectivity index (χ0v) is 13.3. The predicted octanol–water partition coefficient (Wildman–Crippen LogP) is 3.53. The van der Waals surface area contributed by atoms with Crippen LogP contribution in [0.15, 0.2) is 52.0 Å². The molecule has 21 heavy (non-hydrogen) atoms. The van der Waals surface area contributed by atoms with Crippen LogP contribution in [0.4, 0.5) is 0 Å².